The number of hydrogen-bond acceptors (Lipinski definition) is 2. The average molecular weight is 245 g/mol. The molecule has 1 aromatic carbocycles. The molecule has 2 atom stereocenters. The molecule has 0 heterocycles. The SMILES string of the molecule is NCC(c1ccccc1)C(O)C(C1CC1)C1CC1. The third-order valence-corrected chi connectivity index (χ3v) is 4.62. The second-order valence-corrected chi connectivity index (χ2v) is 6.00. The van der Waals surface area contributed by atoms with Crippen LogP contribution >= 0.6 is 0 Å². The van der Waals surface area contributed by atoms with Gasteiger partial charge >= 0.3 is 0 Å². The van der Waals surface area contributed by atoms with Gasteiger partial charge in [0.05, 0.1) is 6.10 Å². The molecule has 3 N–H and O–H groups in total. The van der Waals surface area contributed by atoms with Crippen molar-refractivity contribution in [3.05, 3.63) is 35.9 Å². The molecule has 0 aromatic heterocycles. The molecule has 2 aliphatic carbocycles. The van der Waals surface area contributed by atoms with Gasteiger partial charge in [0.2, 0.25) is 0 Å². The topological polar surface area (TPSA) is 46.2 Å². The van der Waals surface area contributed by atoms with E-state index in [1.165, 1.54) is 31.2 Å². The van der Waals surface area contributed by atoms with Gasteiger partial charge in [-0.15, -0.1) is 0 Å². The molecule has 0 amide bonds. The predicted molar refractivity (Wildman–Crippen MR) is 73.2 cm³/mol. The highest BCUT2D eigenvalue weighted by atomic mass is 16.3. The Bertz CT molecular complexity index is 371. The Morgan fingerprint density at radius 1 is 1.06 bits per heavy atom. The number of rotatable bonds is 6. The van der Waals surface area contributed by atoms with Crippen molar-refractivity contribution < 1.29 is 5.11 Å². The maximum atomic E-state index is 10.8. The fourth-order valence-electron chi connectivity index (χ4n) is 3.35. The molecule has 3 rings (SSSR count). The molecule has 2 saturated carbocycles. The van der Waals surface area contributed by atoms with E-state index in [0.29, 0.717) is 12.5 Å². The molecule has 0 bridgehead atoms. The smallest absolute Gasteiger partial charge is 0.0654 e. The Morgan fingerprint density at radius 3 is 2.06 bits per heavy atom. The zero-order valence-electron chi connectivity index (χ0n) is 10.8. The third kappa shape index (κ3) is 2.45. The summed E-state index contributed by atoms with van der Waals surface area (Å²) in [7, 11) is 0. The molecule has 2 heteroatoms. The van der Waals surface area contributed by atoms with Crippen LogP contribution in [-0.4, -0.2) is 17.8 Å². The fraction of sp³-hybridized carbons (Fsp3) is 0.625. The second-order valence-electron chi connectivity index (χ2n) is 6.00. The molecular formula is C16H23NO. The lowest BCUT2D eigenvalue weighted by molar-refractivity contribution is 0.0594. The lowest BCUT2D eigenvalue weighted by atomic mass is 9.81. The molecule has 0 saturated heterocycles. The van der Waals surface area contributed by atoms with Gasteiger partial charge in [0.1, 0.15) is 0 Å². The summed E-state index contributed by atoms with van der Waals surface area (Å²) in [6.45, 7) is 0.543. The summed E-state index contributed by atoms with van der Waals surface area (Å²) in [6.07, 6.45) is 4.99. The van der Waals surface area contributed by atoms with Crippen LogP contribution in [0.3, 0.4) is 0 Å². The van der Waals surface area contributed by atoms with Gasteiger partial charge in [-0.3, -0.25) is 0 Å². The van der Waals surface area contributed by atoms with Crippen molar-refractivity contribution in [1.29, 1.82) is 0 Å². The molecule has 2 unspecified atom stereocenters. The number of benzene rings is 1. The van der Waals surface area contributed by atoms with Crippen molar-refractivity contribution in [3.8, 4) is 0 Å². The van der Waals surface area contributed by atoms with Crippen LogP contribution in [0.5, 0.6) is 0 Å². The number of aliphatic hydroxyl groups is 1. The highest BCUT2D eigenvalue weighted by Crippen LogP contribution is 2.52. The van der Waals surface area contributed by atoms with Gasteiger partial charge in [-0.05, 0) is 49.0 Å². The number of nitrogens with two attached hydrogens (primary N) is 1. The van der Waals surface area contributed by atoms with Crippen LogP contribution in [0.2, 0.25) is 0 Å². The summed E-state index contributed by atoms with van der Waals surface area (Å²) < 4.78 is 0. The Morgan fingerprint density at radius 2 is 1.61 bits per heavy atom. The largest absolute Gasteiger partial charge is 0.392 e. The number of hydrogen-bond donors (Lipinski definition) is 2. The van der Waals surface area contributed by atoms with Crippen molar-refractivity contribution in [2.24, 2.45) is 23.5 Å². The van der Waals surface area contributed by atoms with E-state index in [1.54, 1.807) is 0 Å². The molecule has 1 aromatic rings. The first-order valence-corrected chi connectivity index (χ1v) is 7.24. The third-order valence-electron chi connectivity index (χ3n) is 4.62. The van der Waals surface area contributed by atoms with E-state index in [0.717, 1.165) is 11.8 Å². The minimum absolute atomic E-state index is 0.109. The van der Waals surface area contributed by atoms with Crippen LogP contribution in [-0.2, 0) is 0 Å². The van der Waals surface area contributed by atoms with Crippen LogP contribution in [0.1, 0.15) is 37.2 Å². The van der Waals surface area contributed by atoms with Gasteiger partial charge in [-0.1, -0.05) is 30.3 Å². The molecule has 2 aliphatic rings. The van der Waals surface area contributed by atoms with Gasteiger partial charge in [0.25, 0.3) is 0 Å². The van der Waals surface area contributed by atoms with E-state index in [1.807, 2.05) is 18.2 Å². The fourth-order valence-corrected chi connectivity index (χ4v) is 3.35. The average Bonchev–Trinajstić information content (AvgIpc) is 3.26. The van der Waals surface area contributed by atoms with E-state index in [2.05, 4.69) is 12.1 Å². The van der Waals surface area contributed by atoms with E-state index >= 15 is 0 Å². The Balaban J connectivity index is 1.77. The van der Waals surface area contributed by atoms with E-state index in [4.69, 9.17) is 5.73 Å². The summed E-state index contributed by atoms with van der Waals surface area (Å²) in [5.74, 6) is 2.15. The highest BCUT2D eigenvalue weighted by molar-refractivity contribution is 5.22. The summed E-state index contributed by atoms with van der Waals surface area (Å²) >= 11 is 0. The van der Waals surface area contributed by atoms with Gasteiger partial charge < -0.3 is 10.8 Å². The van der Waals surface area contributed by atoms with Crippen LogP contribution in [0.25, 0.3) is 0 Å². The molecule has 2 nitrogen and oxygen atoms in total. The van der Waals surface area contributed by atoms with Crippen molar-refractivity contribution in [2.45, 2.75) is 37.7 Å². The van der Waals surface area contributed by atoms with Crippen molar-refractivity contribution >= 4 is 0 Å². The first-order valence-electron chi connectivity index (χ1n) is 7.24. The Hall–Kier alpha value is -0.860. The first kappa shape index (κ1) is 12.2. The molecule has 2 fully saturated rings. The maximum Gasteiger partial charge on any atom is 0.0654 e. The first-order chi connectivity index (χ1) is 8.81. The lowest BCUT2D eigenvalue weighted by Crippen LogP contribution is -2.34. The zero-order chi connectivity index (χ0) is 12.5. The Labute approximate surface area is 109 Å². The van der Waals surface area contributed by atoms with Gasteiger partial charge in [0, 0.05) is 12.5 Å². The van der Waals surface area contributed by atoms with Crippen molar-refractivity contribution in [3.63, 3.8) is 0 Å². The van der Waals surface area contributed by atoms with Crippen LogP contribution in [0, 0.1) is 17.8 Å². The summed E-state index contributed by atoms with van der Waals surface area (Å²) in [5, 5.41) is 10.8. The van der Waals surface area contributed by atoms with Gasteiger partial charge in [-0.2, -0.15) is 0 Å². The van der Waals surface area contributed by atoms with Gasteiger partial charge in [0.15, 0.2) is 0 Å². The summed E-state index contributed by atoms with van der Waals surface area (Å²) in [6, 6.07) is 10.3. The quantitative estimate of drug-likeness (QED) is 0.809. The monoisotopic (exact) mass is 245 g/mol. The molecule has 18 heavy (non-hydrogen) atoms. The van der Waals surface area contributed by atoms with E-state index in [9.17, 15) is 5.11 Å². The summed E-state index contributed by atoms with van der Waals surface area (Å²) in [4.78, 5) is 0. The minimum Gasteiger partial charge on any atom is -0.392 e. The van der Waals surface area contributed by atoms with Crippen LogP contribution < -0.4 is 5.73 Å². The maximum absolute atomic E-state index is 10.8. The normalized spacial score (nSPS) is 23.1. The minimum atomic E-state index is -0.252. The molecule has 0 radical (unpaired) electrons. The highest BCUT2D eigenvalue weighted by Gasteiger charge is 2.46. The van der Waals surface area contributed by atoms with Crippen LogP contribution in [0.4, 0.5) is 0 Å². The second kappa shape index (κ2) is 5.02. The van der Waals surface area contributed by atoms with E-state index in [-0.39, 0.29) is 12.0 Å². The molecule has 0 aliphatic heterocycles. The summed E-state index contributed by atoms with van der Waals surface area (Å²) in [5.41, 5.74) is 7.12. The van der Waals surface area contributed by atoms with Gasteiger partial charge in [-0.25, -0.2) is 0 Å². The molecule has 0 spiro atoms. The molecule has 98 valence electrons. The standard InChI is InChI=1S/C16H23NO/c17-10-14(11-4-2-1-3-5-11)16(18)15(12-6-7-12)13-8-9-13/h1-5,12-16,18H,6-10,17H2. The van der Waals surface area contributed by atoms with Crippen molar-refractivity contribution in [2.75, 3.05) is 6.54 Å². The zero-order valence-corrected chi connectivity index (χ0v) is 10.8. The number of aliphatic hydroxyl groups excluding tert-OH is 1. The predicted octanol–water partition coefficient (Wildman–Crippen LogP) is 2.53. The van der Waals surface area contributed by atoms with Crippen LogP contribution in [0.15, 0.2) is 30.3 Å². The molecular weight excluding hydrogens is 222 g/mol. The van der Waals surface area contributed by atoms with E-state index < -0.39 is 0 Å². The Kier molecular flexibility index (Phi) is 3.40. The lowest BCUT2D eigenvalue weighted by Gasteiger charge is -2.30. The van der Waals surface area contributed by atoms with Crippen molar-refractivity contribution in [1.82, 2.24) is 0 Å².